The standard InChI is InChI=1S/C9H9IO2.C7H5IO2/c1-2-12-9(11)7-5-3-4-6-8(7)10;8-6-4-2-1-3-5(6)7(9)10/h3-6H,2H2,1H3;1-4H,(H,9,10). The molecule has 4 nitrogen and oxygen atoms in total. The van der Waals surface area contributed by atoms with Gasteiger partial charge in [0.1, 0.15) is 0 Å². The van der Waals surface area contributed by atoms with Gasteiger partial charge in [-0.05, 0) is 76.4 Å². The Hall–Kier alpha value is -1.16. The molecule has 6 heteroatoms. The SMILES string of the molecule is CCOC(=O)c1ccccc1I.O=C(O)c1ccccc1I. The molecule has 0 atom stereocenters. The summed E-state index contributed by atoms with van der Waals surface area (Å²) >= 11 is 4.11. The van der Waals surface area contributed by atoms with Crippen molar-refractivity contribution in [2.75, 3.05) is 6.61 Å². The van der Waals surface area contributed by atoms with E-state index in [9.17, 15) is 9.59 Å². The Morgan fingerprint density at radius 3 is 1.77 bits per heavy atom. The Labute approximate surface area is 156 Å². The number of hydrogen-bond acceptors (Lipinski definition) is 3. The monoisotopic (exact) mass is 524 g/mol. The fraction of sp³-hybridized carbons (Fsp3) is 0.125. The van der Waals surface area contributed by atoms with Crippen LogP contribution in [0.1, 0.15) is 27.6 Å². The van der Waals surface area contributed by atoms with Gasteiger partial charge >= 0.3 is 11.9 Å². The first-order valence-corrected chi connectivity index (χ1v) is 8.52. The van der Waals surface area contributed by atoms with Crippen LogP contribution in [-0.2, 0) is 4.74 Å². The predicted molar refractivity (Wildman–Crippen MR) is 101 cm³/mol. The zero-order chi connectivity index (χ0) is 16.5. The summed E-state index contributed by atoms with van der Waals surface area (Å²) in [4.78, 5) is 21.7. The third-order valence-corrected chi connectivity index (χ3v) is 4.35. The molecule has 0 bridgehead atoms. The number of aromatic carboxylic acids is 1. The van der Waals surface area contributed by atoms with Crippen LogP contribution in [0.3, 0.4) is 0 Å². The maximum absolute atomic E-state index is 11.2. The van der Waals surface area contributed by atoms with Crippen molar-refractivity contribution in [3.05, 3.63) is 66.8 Å². The van der Waals surface area contributed by atoms with Crippen LogP contribution < -0.4 is 0 Å². The van der Waals surface area contributed by atoms with E-state index < -0.39 is 5.97 Å². The van der Waals surface area contributed by atoms with Gasteiger partial charge in [0.25, 0.3) is 0 Å². The molecule has 0 amide bonds. The van der Waals surface area contributed by atoms with Gasteiger partial charge in [-0.3, -0.25) is 0 Å². The minimum Gasteiger partial charge on any atom is -0.478 e. The molecule has 2 aromatic carbocycles. The molecule has 22 heavy (non-hydrogen) atoms. The summed E-state index contributed by atoms with van der Waals surface area (Å²) in [5.41, 5.74) is 1.00. The van der Waals surface area contributed by atoms with E-state index in [1.807, 2.05) is 46.9 Å². The lowest BCUT2D eigenvalue weighted by Crippen LogP contribution is -2.06. The molecule has 0 aliphatic rings. The van der Waals surface area contributed by atoms with E-state index >= 15 is 0 Å². The minimum absolute atomic E-state index is 0.248. The molecule has 0 aliphatic heterocycles. The molecule has 1 N–H and O–H groups in total. The molecule has 0 radical (unpaired) electrons. The van der Waals surface area contributed by atoms with Crippen molar-refractivity contribution in [2.45, 2.75) is 6.92 Å². The maximum atomic E-state index is 11.2. The zero-order valence-electron chi connectivity index (χ0n) is 11.8. The van der Waals surface area contributed by atoms with Gasteiger partial charge in [0.15, 0.2) is 0 Å². The van der Waals surface area contributed by atoms with Gasteiger partial charge in [-0.1, -0.05) is 24.3 Å². The topological polar surface area (TPSA) is 63.6 Å². The number of benzene rings is 2. The van der Waals surface area contributed by atoms with E-state index in [1.54, 1.807) is 31.2 Å². The van der Waals surface area contributed by atoms with Crippen molar-refractivity contribution in [2.24, 2.45) is 0 Å². The summed E-state index contributed by atoms with van der Waals surface area (Å²) in [6.45, 7) is 2.22. The van der Waals surface area contributed by atoms with Crippen molar-refractivity contribution in [3.63, 3.8) is 0 Å². The molecule has 0 fully saturated rings. The number of carboxylic acid groups (broad SMARTS) is 1. The average Bonchev–Trinajstić information content (AvgIpc) is 2.48. The lowest BCUT2D eigenvalue weighted by Gasteiger charge is -2.02. The molecule has 0 saturated heterocycles. The Bertz CT molecular complexity index is 656. The third kappa shape index (κ3) is 5.91. The number of carboxylic acids is 1. The van der Waals surface area contributed by atoms with E-state index in [4.69, 9.17) is 9.84 Å². The first-order valence-electron chi connectivity index (χ1n) is 6.36. The Kier molecular flexibility index (Phi) is 8.39. The molecule has 0 spiro atoms. The Balaban J connectivity index is 0.000000224. The van der Waals surface area contributed by atoms with E-state index in [0.29, 0.717) is 17.7 Å². The highest BCUT2D eigenvalue weighted by atomic mass is 127. The van der Waals surface area contributed by atoms with Crippen LogP contribution in [0.15, 0.2) is 48.5 Å². The molecule has 0 heterocycles. The molecule has 2 aromatic rings. The average molecular weight is 524 g/mol. The van der Waals surface area contributed by atoms with Crippen LogP contribution >= 0.6 is 45.2 Å². The number of carbonyl (C=O) groups is 2. The molecule has 0 saturated carbocycles. The van der Waals surface area contributed by atoms with Crippen molar-refractivity contribution < 1.29 is 19.4 Å². The minimum atomic E-state index is -0.870. The summed E-state index contributed by atoms with van der Waals surface area (Å²) in [6, 6.07) is 14.2. The molecule has 0 unspecified atom stereocenters. The van der Waals surface area contributed by atoms with Crippen LogP contribution in [0.5, 0.6) is 0 Å². The summed E-state index contributed by atoms with van der Waals surface area (Å²) in [6.07, 6.45) is 0. The lowest BCUT2D eigenvalue weighted by molar-refractivity contribution is 0.0524. The number of carbonyl (C=O) groups excluding carboxylic acids is 1. The molecule has 0 aromatic heterocycles. The number of halogens is 2. The highest BCUT2D eigenvalue weighted by molar-refractivity contribution is 14.1. The fourth-order valence-corrected chi connectivity index (χ4v) is 2.70. The number of ether oxygens (including phenoxy) is 1. The van der Waals surface area contributed by atoms with Gasteiger partial charge < -0.3 is 9.84 Å². The summed E-state index contributed by atoms with van der Waals surface area (Å²) in [7, 11) is 0. The first-order chi connectivity index (χ1) is 10.5. The quantitative estimate of drug-likeness (QED) is 0.476. The maximum Gasteiger partial charge on any atom is 0.339 e. The second-order valence-electron chi connectivity index (χ2n) is 3.99. The van der Waals surface area contributed by atoms with Crippen LogP contribution in [0, 0.1) is 7.14 Å². The zero-order valence-corrected chi connectivity index (χ0v) is 16.1. The van der Waals surface area contributed by atoms with Gasteiger partial charge in [0, 0.05) is 7.14 Å². The van der Waals surface area contributed by atoms with Gasteiger partial charge in [-0.2, -0.15) is 0 Å². The summed E-state index contributed by atoms with van der Waals surface area (Å²) in [5.74, 6) is -1.12. The summed E-state index contributed by atoms with van der Waals surface area (Å²) in [5, 5.41) is 8.56. The van der Waals surface area contributed by atoms with Crippen molar-refractivity contribution >= 4 is 57.1 Å². The van der Waals surface area contributed by atoms with Crippen LogP contribution in [0.4, 0.5) is 0 Å². The van der Waals surface area contributed by atoms with E-state index in [2.05, 4.69) is 22.6 Å². The van der Waals surface area contributed by atoms with Gasteiger partial charge in [-0.25, -0.2) is 9.59 Å². The highest BCUT2D eigenvalue weighted by Gasteiger charge is 2.08. The van der Waals surface area contributed by atoms with Gasteiger partial charge in [0.05, 0.1) is 17.7 Å². The van der Waals surface area contributed by atoms with E-state index in [-0.39, 0.29) is 5.97 Å². The van der Waals surface area contributed by atoms with Crippen molar-refractivity contribution in [1.29, 1.82) is 0 Å². The van der Waals surface area contributed by atoms with Crippen LogP contribution in [0.25, 0.3) is 0 Å². The largest absolute Gasteiger partial charge is 0.478 e. The summed E-state index contributed by atoms with van der Waals surface area (Å²) < 4.78 is 6.56. The Morgan fingerprint density at radius 1 is 0.955 bits per heavy atom. The highest BCUT2D eigenvalue weighted by Crippen LogP contribution is 2.12. The molecule has 0 aliphatic carbocycles. The van der Waals surface area contributed by atoms with Crippen LogP contribution in [-0.4, -0.2) is 23.7 Å². The number of rotatable bonds is 3. The molecular formula is C16H14I2O4. The smallest absolute Gasteiger partial charge is 0.339 e. The normalized spacial score (nSPS) is 9.41. The predicted octanol–water partition coefficient (Wildman–Crippen LogP) is 4.46. The lowest BCUT2D eigenvalue weighted by atomic mass is 10.2. The Morgan fingerprint density at radius 2 is 1.41 bits per heavy atom. The molecule has 2 rings (SSSR count). The number of esters is 1. The van der Waals surface area contributed by atoms with Gasteiger partial charge in [-0.15, -0.1) is 0 Å². The second-order valence-corrected chi connectivity index (χ2v) is 6.31. The third-order valence-electron chi connectivity index (χ3n) is 2.47. The van der Waals surface area contributed by atoms with E-state index in [0.717, 1.165) is 7.14 Å². The second kappa shape index (κ2) is 9.78. The van der Waals surface area contributed by atoms with Crippen molar-refractivity contribution in [3.8, 4) is 0 Å². The van der Waals surface area contributed by atoms with E-state index in [1.165, 1.54) is 0 Å². The molecule has 116 valence electrons. The van der Waals surface area contributed by atoms with Gasteiger partial charge in [0.2, 0.25) is 0 Å². The molecular weight excluding hydrogens is 510 g/mol. The first kappa shape index (κ1) is 18.9. The number of hydrogen-bond donors (Lipinski definition) is 1. The fourth-order valence-electron chi connectivity index (χ4n) is 1.47. The van der Waals surface area contributed by atoms with Crippen LogP contribution in [0.2, 0.25) is 0 Å². The van der Waals surface area contributed by atoms with Crippen molar-refractivity contribution in [1.82, 2.24) is 0 Å².